The van der Waals surface area contributed by atoms with Crippen molar-refractivity contribution in [1.29, 1.82) is 0 Å². The van der Waals surface area contributed by atoms with Gasteiger partial charge in [-0.2, -0.15) is 0 Å². The zero-order valence-corrected chi connectivity index (χ0v) is 12.4. The van der Waals surface area contributed by atoms with Crippen molar-refractivity contribution in [3.8, 4) is 17.1 Å². The molecule has 0 aliphatic rings. The topological polar surface area (TPSA) is 61.0 Å². The van der Waals surface area contributed by atoms with Crippen LogP contribution in [0.3, 0.4) is 0 Å². The minimum atomic E-state index is 0.116. The van der Waals surface area contributed by atoms with Crippen molar-refractivity contribution < 1.29 is 4.74 Å². The minimum absolute atomic E-state index is 0.116. The Bertz CT molecular complexity index is 589. The molecule has 0 fully saturated rings. The zero-order valence-electron chi connectivity index (χ0n) is 11.6. The maximum atomic E-state index is 5.97. The summed E-state index contributed by atoms with van der Waals surface area (Å²) in [6.45, 7) is 2.06. The number of benzene rings is 1. The van der Waals surface area contributed by atoms with Gasteiger partial charge in [-0.05, 0) is 30.7 Å². The van der Waals surface area contributed by atoms with E-state index in [0.29, 0.717) is 16.6 Å². The van der Waals surface area contributed by atoms with E-state index in [1.807, 2.05) is 12.1 Å². The molecular weight excluding hydrogens is 274 g/mol. The van der Waals surface area contributed by atoms with E-state index in [1.165, 1.54) is 0 Å². The number of nitrogens with zero attached hydrogens (tertiary/aromatic N) is 2. The molecule has 1 heterocycles. The van der Waals surface area contributed by atoms with Crippen molar-refractivity contribution >= 4 is 11.6 Å². The van der Waals surface area contributed by atoms with Gasteiger partial charge in [-0.25, -0.2) is 9.97 Å². The molecule has 0 amide bonds. The number of methoxy groups -OCH3 is 1. The molecule has 1 unspecified atom stereocenters. The van der Waals surface area contributed by atoms with Gasteiger partial charge < -0.3 is 10.5 Å². The van der Waals surface area contributed by atoms with Crippen LogP contribution in [0.1, 0.15) is 19.0 Å². The first kappa shape index (κ1) is 14.8. The van der Waals surface area contributed by atoms with Crippen LogP contribution >= 0.6 is 11.6 Å². The molecular formula is C15H18ClN3O. The average Bonchev–Trinajstić information content (AvgIpc) is 2.47. The number of rotatable bonds is 5. The normalized spacial score (nSPS) is 12.2. The average molecular weight is 292 g/mol. The smallest absolute Gasteiger partial charge is 0.163 e. The second kappa shape index (κ2) is 6.68. The molecule has 0 saturated heterocycles. The Kier molecular flexibility index (Phi) is 4.93. The largest absolute Gasteiger partial charge is 0.496 e. The Labute approximate surface area is 124 Å². The Balaban J connectivity index is 2.35. The molecule has 1 aromatic carbocycles. The van der Waals surface area contributed by atoms with Crippen molar-refractivity contribution in [2.24, 2.45) is 5.73 Å². The second-order valence-electron chi connectivity index (χ2n) is 4.59. The summed E-state index contributed by atoms with van der Waals surface area (Å²) in [5.74, 6) is 1.29. The fourth-order valence-corrected chi connectivity index (χ4v) is 2.06. The molecule has 0 radical (unpaired) electrons. The predicted molar refractivity (Wildman–Crippen MR) is 81.0 cm³/mol. The number of hydrogen-bond donors (Lipinski definition) is 1. The van der Waals surface area contributed by atoms with Gasteiger partial charge in [-0.3, -0.25) is 0 Å². The van der Waals surface area contributed by atoms with Gasteiger partial charge in [0.05, 0.1) is 12.7 Å². The SMILES string of the molecule is CCC(N)Cc1ccnc(-c2ccc(Cl)cc2OC)n1. The van der Waals surface area contributed by atoms with Crippen LogP contribution in [0.25, 0.3) is 11.4 Å². The van der Waals surface area contributed by atoms with Gasteiger partial charge in [0.25, 0.3) is 0 Å². The molecule has 1 aromatic heterocycles. The van der Waals surface area contributed by atoms with Crippen LogP contribution < -0.4 is 10.5 Å². The Hall–Kier alpha value is -1.65. The third-order valence-corrected chi connectivity index (χ3v) is 3.35. The molecule has 0 spiro atoms. The van der Waals surface area contributed by atoms with E-state index in [-0.39, 0.29) is 6.04 Å². The van der Waals surface area contributed by atoms with Gasteiger partial charge in [0, 0.05) is 29.4 Å². The molecule has 0 saturated carbocycles. The molecule has 5 heteroatoms. The van der Waals surface area contributed by atoms with Crippen LogP contribution in [-0.2, 0) is 6.42 Å². The fourth-order valence-electron chi connectivity index (χ4n) is 1.90. The highest BCUT2D eigenvalue weighted by Crippen LogP contribution is 2.30. The van der Waals surface area contributed by atoms with Crippen molar-refractivity contribution in [1.82, 2.24) is 9.97 Å². The fraction of sp³-hybridized carbons (Fsp3) is 0.333. The number of nitrogens with two attached hydrogens (primary N) is 1. The summed E-state index contributed by atoms with van der Waals surface area (Å²) in [6, 6.07) is 7.42. The van der Waals surface area contributed by atoms with Crippen molar-refractivity contribution in [2.45, 2.75) is 25.8 Å². The van der Waals surface area contributed by atoms with Crippen molar-refractivity contribution in [2.75, 3.05) is 7.11 Å². The van der Waals surface area contributed by atoms with E-state index in [9.17, 15) is 0 Å². The van der Waals surface area contributed by atoms with E-state index >= 15 is 0 Å². The van der Waals surface area contributed by atoms with Gasteiger partial charge in [0.2, 0.25) is 0 Å². The minimum Gasteiger partial charge on any atom is -0.496 e. The Morgan fingerprint density at radius 3 is 2.85 bits per heavy atom. The van der Waals surface area contributed by atoms with Crippen LogP contribution in [0.5, 0.6) is 5.75 Å². The number of hydrogen-bond acceptors (Lipinski definition) is 4. The molecule has 2 rings (SSSR count). The zero-order chi connectivity index (χ0) is 14.5. The van der Waals surface area contributed by atoms with Crippen molar-refractivity contribution in [3.05, 3.63) is 41.2 Å². The van der Waals surface area contributed by atoms with Crippen LogP contribution in [-0.4, -0.2) is 23.1 Å². The molecule has 2 N–H and O–H groups in total. The second-order valence-corrected chi connectivity index (χ2v) is 5.03. The van der Waals surface area contributed by atoms with E-state index in [4.69, 9.17) is 22.1 Å². The molecule has 1 atom stereocenters. The molecule has 0 aliphatic carbocycles. The number of aromatic nitrogens is 2. The lowest BCUT2D eigenvalue weighted by Gasteiger charge is -2.11. The highest BCUT2D eigenvalue weighted by Gasteiger charge is 2.11. The van der Waals surface area contributed by atoms with E-state index in [2.05, 4.69) is 16.9 Å². The van der Waals surface area contributed by atoms with Gasteiger partial charge in [0.15, 0.2) is 5.82 Å². The lowest BCUT2D eigenvalue weighted by molar-refractivity contribution is 0.416. The maximum Gasteiger partial charge on any atom is 0.163 e. The van der Waals surface area contributed by atoms with E-state index < -0.39 is 0 Å². The third kappa shape index (κ3) is 3.46. The van der Waals surface area contributed by atoms with Gasteiger partial charge >= 0.3 is 0 Å². The first-order valence-corrected chi connectivity index (χ1v) is 6.93. The lowest BCUT2D eigenvalue weighted by atomic mass is 10.1. The third-order valence-electron chi connectivity index (χ3n) is 3.11. The van der Waals surface area contributed by atoms with Crippen molar-refractivity contribution in [3.63, 3.8) is 0 Å². The monoisotopic (exact) mass is 291 g/mol. The van der Waals surface area contributed by atoms with Gasteiger partial charge in [-0.15, -0.1) is 0 Å². The summed E-state index contributed by atoms with van der Waals surface area (Å²) < 4.78 is 5.33. The maximum absolute atomic E-state index is 5.97. The van der Waals surface area contributed by atoms with E-state index in [1.54, 1.807) is 25.4 Å². The molecule has 0 aliphatic heterocycles. The molecule has 106 valence electrons. The Morgan fingerprint density at radius 1 is 1.35 bits per heavy atom. The van der Waals surface area contributed by atoms with Crippen LogP contribution in [0.15, 0.2) is 30.5 Å². The summed E-state index contributed by atoms with van der Waals surface area (Å²) in [6.07, 6.45) is 3.40. The first-order chi connectivity index (χ1) is 9.63. The first-order valence-electron chi connectivity index (χ1n) is 6.55. The number of halogens is 1. The summed E-state index contributed by atoms with van der Waals surface area (Å²) in [5, 5.41) is 0.620. The summed E-state index contributed by atoms with van der Waals surface area (Å²) in [5.41, 5.74) is 7.72. The van der Waals surface area contributed by atoms with Crippen LogP contribution in [0.2, 0.25) is 5.02 Å². The molecule has 20 heavy (non-hydrogen) atoms. The molecule has 2 aromatic rings. The summed E-state index contributed by atoms with van der Waals surface area (Å²) >= 11 is 5.96. The highest BCUT2D eigenvalue weighted by molar-refractivity contribution is 6.30. The summed E-state index contributed by atoms with van der Waals surface area (Å²) in [7, 11) is 1.60. The molecule has 0 bridgehead atoms. The standard InChI is InChI=1S/C15H18ClN3O/c1-3-11(17)9-12-6-7-18-15(19-12)13-5-4-10(16)8-14(13)20-2/h4-8,11H,3,9,17H2,1-2H3. The molecule has 4 nitrogen and oxygen atoms in total. The summed E-state index contributed by atoms with van der Waals surface area (Å²) in [4.78, 5) is 8.86. The van der Waals surface area contributed by atoms with E-state index in [0.717, 1.165) is 24.1 Å². The van der Waals surface area contributed by atoms with Gasteiger partial charge in [-0.1, -0.05) is 18.5 Å². The van der Waals surface area contributed by atoms with Gasteiger partial charge in [0.1, 0.15) is 5.75 Å². The predicted octanol–water partition coefficient (Wildman–Crippen LogP) is 3.09. The Morgan fingerprint density at radius 2 is 2.15 bits per heavy atom. The number of ether oxygens (including phenoxy) is 1. The van der Waals surface area contributed by atoms with Crippen LogP contribution in [0, 0.1) is 0 Å². The quantitative estimate of drug-likeness (QED) is 0.919. The lowest BCUT2D eigenvalue weighted by Crippen LogP contribution is -2.22. The highest BCUT2D eigenvalue weighted by atomic mass is 35.5. The van der Waals surface area contributed by atoms with Crippen LogP contribution in [0.4, 0.5) is 0 Å².